The molecule has 2 atom stereocenters. The Balaban J connectivity index is 2.43. The Morgan fingerprint density at radius 3 is 2.56 bits per heavy atom. The minimum absolute atomic E-state index is 0.182. The Labute approximate surface area is 112 Å². The molecule has 0 aliphatic carbocycles. The zero-order chi connectivity index (χ0) is 13.9. The maximum Gasteiger partial charge on any atom is 0.528 e. The topological polar surface area (TPSA) is 85.0 Å². The molecule has 1 rings (SSSR count). The van der Waals surface area contributed by atoms with E-state index in [9.17, 15) is 9.90 Å². The number of hydroxylamine groups is 2. The number of piperidine rings is 1. The first-order valence-electron chi connectivity index (χ1n) is 5.82. The number of aliphatic hydroxyl groups excluding tert-OH is 1. The average molecular weight is 276 g/mol. The second kappa shape index (κ2) is 5.81. The average Bonchev–Trinajstić information content (AvgIpc) is 2.13. The van der Waals surface area contributed by atoms with Gasteiger partial charge in [-0.2, -0.15) is 0 Å². The number of hydrogen-bond acceptors (Lipinski definition) is 6. The van der Waals surface area contributed by atoms with Crippen LogP contribution < -0.4 is 5.73 Å². The van der Waals surface area contributed by atoms with Gasteiger partial charge >= 0.3 is 6.16 Å². The fraction of sp³-hybridized carbons (Fsp3) is 0.818. The van der Waals surface area contributed by atoms with E-state index in [1.165, 1.54) is 5.06 Å². The lowest BCUT2D eigenvalue weighted by molar-refractivity contribution is -0.171. The number of carbonyl (C=O) groups excluding carboxylic acids is 1. The van der Waals surface area contributed by atoms with Gasteiger partial charge in [0.05, 0.1) is 17.6 Å². The second-order valence-corrected chi connectivity index (χ2v) is 5.78. The SMILES string of the molecule is CC(C)(C)OC(=O)ON1CCC(C(N)=S)C(O)C1. The quantitative estimate of drug-likeness (QED) is 0.570. The van der Waals surface area contributed by atoms with E-state index in [1.807, 2.05) is 0 Å². The van der Waals surface area contributed by atoms with Crippen molar-refractivity contribution in [2.75, 3.05) is 13.1 Å². The highest BCUT2D eigenvalue weighted by Crippen LogP contribution is 2.19. The van der Waals surface area contributed by atoms with E-state index in [0.717, 1.165) is 0 Å². The Kier molecular flexibility index (Phi) is 4.89. The summed E-state index contributed by atoms with van der Waals surface area (Å²) in [6.45, 7) is 5.91. The molecule has 0 spiro atoms. The molecule has 0 aromatic heterocycles. The molecule has 0 saturated carbocycles. The molecular weight excluding hydrogens is 256 g/mol. The maximum absolute atomic E-state index is 11.4. The van der Waals surface area contributed by atoms with Crippen LogP contribution in [0.1, 0.15) is 27.2 Å². The molecule has 0 aromatic rings. The van der Waals surface area contributed by atoms with Crippen molar-refractivity contribution in [3.63, 3.8) is 0 Å². The lowest BCUT2D eigenvalue weighted by Crippen LogP contribution is -2.48. The number of nitrogens with two attached hydrogens (primary N) is 1. The van der Waals surface area contributed by atoms with Crippen LogP contribution in [-0.4, -0.2) is 46.1 Å². The Morgan fingerprint density at radius 1 is 1.50 bits per heavy atom. The van der Waals surface area contributed by atoms with Gasteiger partial charge in [0.1, 0.15) is 5.60 Å². The van der Waals surface area contributed by atoms with E-state index in [0.29, 0.717) is 18.0 Å². The Bertz CT molecular complexity index is 329. The number of rotatable bonds is 2. The van der Waals surface area contributed by atoms with Crippen LogP contribution in [-0.2, 0) is 9.57 Å². The summed E-state index contributed by atoms with van der Waals surface area (Å²) in [6, 6.07) is 0. The van der Waals surface area contributed by atoms with Crippen LogP contribution in [0.15, 0.2) is 0 Å². The van der Waals surface area contributed by atoms with Gasteiger partial charge in [-0.25, -0.2) is 4.79 Å². The summed E-state index contributed by atoms with van der Waals surface area (Å²) in [7, 11) is 0. The van der Waals surface area contributed by atoms with E-state index in [4.69, 9.17) is 27.5 Å². The molecule has 1 saturated heterocycles. The van der Waals surface area contributed by atoms with Gasteiger partial charge < -0.3 is 20.4 Å². The summed E-state index contributed by atoms with van der Waals surface area (Å²) in [4.78, 5) is 16.7. The van der Waals surface area contributed by atoms with Gasteiger partial charge in [-0.3, -0.25) is 0 Å². The van der Waals surface area contributed by atoms with Crippen LogP contribution in [0, 0.1) is 5.92 Å². The summed E-state index contributed by atoms with van der Waals surface area (Å²) in [5.74, 6) is -0.224. The van der Waals surface area contributed by atoms with Crippen LogP contribution in [0.4, 0.5) is 4.79 Å². The second-order valence-electron chi connectivity index (χ2n) is 5.31. The van der Waals surface area contributed by atoms with Crippen LogP contribution in [0.2, 0.25) is 0 Å². The highest BCUT2D eigenvalue weighted by atomic mass is 32.1. The smallest absolute Gasteiger partial charge is 0.427 e. The van der Waals surface area contributed by atoms with Gasteiger partial charge in [0.15, 0.2) is 0 Å². The third-order valence-corrected chi connectivity index (χ3v) is 2.81. The molecule has 7 heteroatoms. The standard InChI is InChI=1S/C11H20N2O4S/c1-11(2,3)16-10(15)17-13-5-4-7(9(12)18)8(14)6-13/h7-8,14H,4-6H2,1-3H3,(H2,12,18). The molecule has 3 N–H and O–H groups in total. The zero-order valence-electron chi connectivity index (χ0n) is 10.9. The molecule has 2 unspecified atom stereocenters. The summed E-state index contributed by atoms with van der Waals surface area (Å²) < 4.78 is 5.02. The van der Waals surface area contributed by atoms with E-state index in [2.05, 4.69) is 0 Å². The Hall–Kier alpha value is -0.920. The van der Waals surface area contributed by atoms with Crippen molar-refractivity contribution in [3.05, 3.63) is 0 Å². The van der Waals surface area contributed by atoms with Crippen LogP contribution in [0.3, 0.4) is 0 Å². The maximum atomic E-state index is 11.4. The first kappa shape index (κ1) is 15.1. The largest absolute Gasteiger partial charge is 0.528 e. The van der Waals surface area contributed by atoms with E-state index < -0.39 is 17.9 Å². The van der Waals surface area contributed by atoms with Crippen molar-refractivity contribution in [2.24, 2.45) is 11.7 Å². The Morgan fingerprint density at radius 2 is 2.11 bits per heavy atom. The number of carbonyl (C=O) groups is 1. The molecule has 6 nitrogen and oxygen atoms in total. The fourth-order valence-electron chi connectivity index (χ4n) is 1.69. The first-order chi connectivity index (χ1) is 8.19. The van der Waals surface area contributed by atoms with Gasteiger partial charge in [-0.05, 0) is 27.2 Å². The minimum atomic E-state index is -0.775. The fourth-order valence-corrected chi connectivity index (χ4v) is 1.97. The predicted octanol–water partition coefficient (Wildman–Crippen LogP) is 0.822. The first-order valence-corrected chi connectivity index (χ1v) is 6.23. The third-order valence-electron chi connectivity index (χ3n) is 2.50. The van der Waals surface area contributed by atoms with E-state index in [-0.39, 0.29) is 12.5 Å². The van der Waals surface area contributed by atoms with E-state index >= 15 is 0 Å². The molecule has 18 heavy (non-hydrogen) atoms. The number of β-amino-alcohol motifs (C(OH)–C–C–N with tert-alkyl or cyclic N) is 1. The van der Waals surface area contributed by atoms with Crippen molar-refractivity contribution in [2.45, 2.75) is 38.9 Å². The number of hydrogen-bond donors (Lipinski definition) is 2. The number of aliphatic hydroxyl groups is 1. The predicted molar refractivity (Wildman–Crippen MR) is 69.8 cm³/mol. The lowest BCUT2D eigenvalue weighted by Gasteiger charge is -2.34. The lowest BCUT2D eigenvalue weighted by atomic mass is 9.95. The van der Waals surface area contributed by atoms with Gasteiger partial charge in [-0.1, -0.05) is 12.2 Å². The van der Waals surface area contributed by atoms with E-state index in [1.54, 1.807) is 20.8 Å². The molecule has 1 heterocycles. The van der Waals surface area contributed by atoms with Crippen LogP contribution in [0.25, 0.3) is 0 Å². The molecule has 0 radical (unpaired) electrons. The van der Waals surface area contributed by atoms with Crippen molar-refractivity contribution in [1.82, 2.24) is 5.06 Å². The van der Waals surface area contributed by atoms with Crippen LogP contribution >= 0.6 is 12.2 Å². The monoisotopic (exact) mass is 276 g/mol. The number of nitrogens with zero attached hydrogens (tertiary/aromatic N) is 1. The number of thiocarbonyl (C=S) groups is 1. The van der Waals surface area contributed by atoms with Crippen molar-refractivity contribution >= 4 is 23.4 Å². The molecule has 1 aliphatic rings. The molecule has 1 fully saturated rings. The summed E-state index contributed by atoms with van der Waals surface area (Å²) in [5.41, 5.74) is 4.90. The number of ether oxygens (including phenoxy) is 1. The minimum Gasteiger partial charge on any atom is -0.427 e. The molecule has 0 bridgehead atoms. The summed E-state index contributed by atoms with van der Waals surface area (Å²) in [6.07, 6.45) is -0.943. The normalized spacial score (nSPS) is 25.6. The third kappa shape index (κ3) is 4.75. The van der Waals surface area contributed by atoms with Gasteiger partial charge in [0.2, 0.25) is 0 Å². The van der Waals surface area contributed by atoms with Gasteiger partial charge in [0, 0.05) is 12.5 Å². The zero-order valence-corrected chi connectivity index (χ0v) is 11.7. The molecule has 0 amide bonds. The molecule has 0 aromatic carbocycles. The highest BCUT2D eigenvalue weighted by Gasteiger charge is 2.32. The summed E-state index contributed by atoms with van der Waals surface area (Å²) >= 11 is 4.86. The van der Waals surface area contributed by atoms with Gasteiger partial charge in [-0.15, -0.1) is 5.06 Å². The van der Waals surface area contributed by atoms with Crippen LogP contribution in [0.5, 0.6) is 0 Å². The molecular formula is C11H20N2O4S. The van der Waals surface area contributed by atoms with Crippen molar-refractivity contribution in [3.8, 4) is 0 Å². The molecule has 104 valence electrons. The van der Waals surface area contributed by atoms with Crippen molar-refractivity contribution < 1.29 is 19.5 Å². The molecule has 1 aliphatic heterocycles. The van der Waals surface area contributed by atoms with Gasteiger partial charge in [0.25, 0.3) is 0 Å². The summed E-state index contributed by atoms with van der Waals surface area (Å²) in [5, 5.41) is 11.2. The van der Waals surface area contributed by atoms with Crippen molar-refractivity contribution in [1.29, 1.82) is 0 Å². The highest BCUT2D eigenvalue weighted by molar-refractivity contribution is 7.80.